The number of nitrogens with zero attached hydrogens (tertiary/aromatic N) is 1. The zero-order chi connectivity index (χ0) is 31.9. The largest absolute Gasteiger partial charge is 0.481 e. The number of carboxylic acid groups (broad SMARTS) is 1. The number of amides is 3. The summed E-state index contributed by atoms with van der Waals surface area (Å²) in [5.41, 5.74) is 0.709. The summed E-state index contributed by atoms with van der Waals surface area (Å²) in [6, 6.07) is 8.12. The molecule has 4 N–H and O–H groups in total. The monoisotopic (exact) mass is 603 g/mol. The SMILES string of the molecule is CCCN(CCC)C(=O)c1cccc(C(=O)N[C@@H](Cc2cc(F)cc(F)c2)[C@@H](O)C[C@@H](CC)C(=O)NCCCC(=O)O)c1. The Morgan fingerprint density at radius 2 is 1.56 bits per heavy atom. The fourth-order valence-electron chi connectivity index (χ4n) is 4.86. The summed E-state index contributed by atoms with van der Waals surface area (Å²) in [5, 5.41) is 25.4. The van der Waals surface area contributed by atoms with Gasteiger partial charge in [-0.05, 0) is 74.4 Å². The molecule has 236 valence electrons. The topological polar surface area (TPSA) is 136 Å². The second-order valence-corrected chi connectivity index (χ2v) is 10.6. The summed E-state index contributed by atoms with van der Waals surface area (Å²) in [6.45, 7) is 7.01. The van der Waals surface area contributed by atoms with Gasteiger partial charge in [0, 0.05) is 49.2 Å². The highest BCUT2D eigenvalue weighted by Crippen LogP contribution is 2.19. The molecule has 9 nitrogen and oxygen atoms in total. The Hall–Kier alpha value is -3.86. The fraction of sp³-hybridized carbons (Fsp3) is 0.500. The van der Waals surface area contributed by atoms with Gasteiger partial charge in [-0.25, -0.2) is 8.78 Å². The molecule has 0 aliphatic rings. The second-order valence-electron chi connectivity index (χ2n) is 10.6. The third-order valence-electron chi connectivity index (χ3n) is 7.06. The number of carbonyl (C=O) groups is 4. The average molecular weight is 604 g/mol. The summed E-state index contributed by atoms with van der Waals surface area (Å²) in [6.07, 6.45) is 0.604. The lowest BCUT2D eigenvalue weighted by Gasteiger charge is -2.27. The predicted molar refractivity (Wildman–Crippen MR) is 159 cm³/mol. The summed E-state index contributed by atoms with van der Waals surface area (Å²) in [5.74, 6) is -4.42. The molecule has 0 spiro atoms. The first-order valence-electron chi connectivity index (χ1n) is 14.8. The van der Waals surface area contributed by atoms with E-state index in [-0.39, 0.29) is 55.2 Å². The Kier molecular flexibility index (Phi) is 14.7. The van der Waals surface area contributed by atoms with Crippen LogP contribution >= 0.6 is 0 Å². The van der Waals surface area contributed by atoms with E-state index in [1.807, 2.05) is 13.8 Å². The van der Waals surface area contributed by atoms with Crippen LogP contribution in [0.2, 0.25) is 0 Å². The molecule has 2 aromatic rings. The predicted octanol–water partition coefficient (Wildman–Crippen LogP) is 4.33. The number of carboxylic acids is 1. The number of rotatable bonds is 18. The molecule has 0 unspecified atom stereocenters. The number of carbonyl (C=O) groups excluding carboxylic acids is 3. The molecule has 0 bridgehead atoms. The van der Waals surface area contributed by atoms with Gasteiger partial charge in [0.2, 0.25) is 5.91 Å². The first-order valence-corrected chi connectivity index (χ1v) is 14.8. The van der Waals surface area contributed by atoms with Crippen LogP contribution < -0.4 is 10.6 Å². The van der Waals surface area contributed by atoms with Crippen LogP contribution in [0.15, 0.2) is 42.5 Å². The molecular weight excluding hydrogens is 560 g/mol. The van der Waals surface area contributed by atoms with Gasteiger partial charge in [0.25, 0.3) is 11.8 Å². The van der Waals surface area contributed by atoms with Crippen molar-refractivity contribution in [2.45, 2.75) is 77.9 Å². The minimum absolute atomic E-state index is 0.0640. The lowest BCUT2D eigenvalue weighted by Crippen LogP contribution is -2.46. The molecule has 3 amide bonds. The standard InChI is InChI=1S/C32H43F2N3O6/c1-4-13-37(14-5-2)32(43)24-10-7-9-23(18-24)31(42)36-27(17-21-15-25(33)20-26(34)16-21)28(38)19-22(6-3)30(41)35-12-8-11-29(39)40/h7,9-10,15-16,18,20,22,27-28,38H,4-6,8,11-14,17,19H2,1-3H3,(H,35,41)(H,36,42)(H,39,40)/t22-,27+,28+/m1/s1. The third kappa shape index (κ3) is 11.7. The van der Waals surface area contributed by atoms with E-state index in [0.29, 0.717) is 25.1 Å². The van der Waals surface area contributed by atoms with Crippen molar-refractivity contribution in [3.63, 3.8) is 0 Å². The van der Waals surface area contributed by atoms with Crippen molar-refractivity contribution in [1.29, 1.82) is 0 Å². The first-order chi connectivity index (χ1) is 20.5. The van der Waals surface area contributed by atoms with Gasteiger partial charge in [-0.3, -0.25) is 19.2 Å². The van der Waals surface area contributed by atoms with Crippen molar-refractivity contribution in [3.05, 3.63) is 70.8 Å². The normalized spacial score (nSPS) is 13.1. The van der Waals surface area contributed by atoms with Crippen LogP contribution in [0.25, 0.3) is 0 Å². The van der Waals surface area contributed by atoms with Gasteiger partial charge < -0.3 is 25.7 Å². The first kappa shape index (κ1) is 35.3. The van der Waals surface area contributed by atoms with Gasteiger partial charge in [-0.15, -0.1) is 0 Å². The quantitative estimate of drug-likeness (QED) is 0.187. The number of hydrogen-bond acceptors (Lipinski definition) is 5. The van der Waals surface area contributed by atoms with Crippen molar-refractivity contribution in [2.75, 3.05) is 19.6 Å². The Labute approximate surface area is 251 Å². The van der Waals surface area contributed by atoms with Gasteiger partial charge in [0.1, 0.15) is 11.6 Å². The number of aliphatic hydroxyl groups is 1. The number of hydrogen-bond donors (Lipinski definition) is 4. The zero-order valence-corrected chi connectivity index (χ0v) is 25.1. The van der Waals surface area contributed by atoms with Gasteiger partial charge in [-0.2, -0.15) is 0 Å². The van der Waals surface area contributed by atoms with Crippen molar-refractivity contribution in [3.8, 4) is 0 Å². The van der Waals surface area contributed by atoms with Crippen LogP contribution in [0.3, 0.4) is 0 Å². The van der Waals surface area contributed by atoms with Gasteiger partial charge in [0.05, 0.1) is 12.1 Å². The van der Waals surface area contributed by atoms with E-state index < -0.39 is 41.6 Å². The van der Waals surface area contributed by atoms with E-state index in [1.54, 1.807) is 24.0 Å². The van der Waals surface area contributed by atoms with Crippen LogP contribution in [0.5, 0.6) is 0 Å². The van der Waals surface area contributed by atoms with Gasteiger partial charge in [0.15, 0.2) is 0 Å². The second kappa shape index (κ2) is 17.9. The van der Waals surface area contributed by atoms with Crippen molar-refractivity contribution < 1.29 is 38.2 Å². The molecule has 0 radical (unpaired) electrons. The third-order valence-corrected chi connectivity index (χ3v) is 7.06. The number of nitrogens with one attached hydrogen (secondary N) is 2. The molecule has 0 fully saturated rings. The molecule has 3 atom stereocenters. The van der Waals surface area contributed by atoms with E-state index in [1.165, 1.54) is 12.1 Å². The molecular formula is C32H43F2N3O6. The number of halogens is 2. The molecule has 0 heterocycles. The highest BCUT2D eigenvalue weighted by molar-refractivity contribution is 5.99. The highest BCUT2D eigenvalue weighted by Gasteiger charge is 2.28. The van der Waals surface area contributed by atoms with Crippen molar-refractivity contribution >= 4 is 23.7 Å². The Balaban J connectivity index is 2.26. The highest BCUT2D eigenvalue weighted by atomic mass is 19.1. The number of aliphatic carboxylic acids is 1. The Morgan fingerprint density at radius 1 is 0.930 bits per heavy atom. The number of aliphatic hydroxyl groups excluding tert-OH is 1. The smallest absolute Gasteiger partial charge is 0.303 e. The van der Waals surface area contributed by atoms with E-state index in [2.05, 4.69) is 10.6 Å². The van der Waals surface area contributed by atoms with Crippen molar-refractivity contribution in [1.82, 2.24) is 15.5 Å². The molecule has 2 rings (SSSR count). The lowest BCUT2D eigenvalue weighted by molar-refractivity contribution is -0.137. The van der Waals surface area contributed by atoms with Crippen LogP contribution in [0.1, 0.15) is 85.6 Å². The maximum absolute atomic E-state index is 14.0. The summed E-state index contributed by atoms with van der Waals surface area (Å²) in [4.78, 5) is 51.6. The Morgan fingerprint density at radius 3 is 2.14 bits per heavy atom. The van der Waals surface area contributed by atoms with Crippen LogP contribution in [0, 0.1) is 17.6 Å². The molecule has 0 saturated carbocycles. The van der Waals surface area contributed by atoms with Crippen molar-refractivity contribution in [2.24, 2.45) is 5.92 Å². The maximum atomic E-state index is 14.0. The van der Waals surface area contributed by atoms with Gasteiger partial charge >= 0.3 is 5.97 Å². The molecule has 11 heteroatoms. The average Bonchev–Trinajstić information content (AvgIpc) is 2.96. The molecule has 0 aliphatic carbocycles. The summed E-state index contributed by atoms with van der Waals surface area (Å²) >= 11 is 0. The fourth-order valence-corrected chi connectivity index (χ4v) is 4.86. The lowest BCUT2D eigenvalue weighted by atomic mass is 9.91. The summed E-state index contributed by atoms with van der Waals surface area (Å²) in [7, 11) is 0. The Bertz CT molecular complexity index is 1220. The molecule has 2 aromatic carbocycles. The van der Waals surface area contributed by atoms with E-state index in [4.69, 9.17) is 5.11 Å². The molecule has 0 aliphatic heterocycles. The minimum atomic E-state index is -1.28. The maximum Gasteiger partial charge on any atom is 0.303 e. The number of benzene rings is 2. The van der Waals surface area contributed by atoms with Crippen LogP contribution in [-0.4, -0.2) is 70.6 Å². The van der Waals surface area contributed by atoms with E-state index >= 15 is 0 Å². The minimum Gasteiger partial charge on any atom is -0.481 e. The van der Waals surface area contributed by atoms with Gasteiger partial charge in [-0.1, -0.05) is 26.8 Å². The van der Waals surface area contributed by atoms with E-state index in [0.717, 1.165) is 31.0 Å². The molecule has 43 heavy (non-hydrogen) atoms. The summed E-state index contributed by atoms with van der Waals surface area (Å²) < 4.78 is 27.9. The molecule has 0 aromatic heterocycles. The molecule has 0 saturated heterocycles. The van der Waals surface area contributed by atoms with Crippen LogP contribution in [0.4, 0.5) is 8.78 Å². The van der Waals surface area contributed by atoms with E-state index in [9.17, 15) is 33.1 Å². The van der Waals surface area contributed by atoms with Crippen LogP contribution in [-0.2, 0) is 16.0 Å². The zero-order valence-electron chi connectivity index (χ0n) is 25.1.